The van der Waals surface area contributed by atoms with Crippen LogP contribution in [0.2, 0.25) is 5.02 Å². The molecule has 0 fully saturated rings. The number of nitrogens with one attached hydrogen (secondary N) is 2. The fourth-order valence-corrected chi connectivity index (χ4v) is 1.95. The molecule has 1 aliphatic rings. The molecule has 0 radical (unpaired) electrons. The molecule has 0 spiro atoms. The number of aliphatic imine (C=N–C) groups is 1. The van der Waals surface area contributed by atoms with E-state index in [1.54, 1.807) is 0 Å². The molecule has 1 aromatic carbocycles. The first kappa shape index (κ1) is 13.2. The van der Waals surface area contributed by atoms with E-state index in [4.69, 9.17) is 11.6 Å². The van der Waals surface area contributed by atoms with Crippen LogP contribution in [0.5, 0.6) is 0 Å². The summed E-state index contributed by atoms with van der Waals surface area (Å²) in [7, 11) is 4.12. The lowest BCUT2D eigenvalue weighted by molar-refractivity contribution is 0.412. The Balaban J connectivity index is 1.81. The number of hydrogen-bond donors (Lipinski definition) is 2. The van der Waals surface area contributed by atoms with Gasteiger partial charge in [0.15, 0.2) is 5.96 Å². The Labute approximate surface area is 113 Å². The molecule has 2 N–H and O–H groups in total. The first-order chi connectivity index (χ1) is 8.65. The summed E-state index contributed by atoms with van der Waals surface area (Å²) in [6, 6.07) is 8.16. The number of nitrogens with zero attached hydrogens (tertiary/aromatic N) is 2. The minimum atomic E-state index is 0.254. The lowest BCUT2D eigenvalue weighted by Crippen LogP contribution is -2.38. The molecule has 0 amide bonds. The quantitative estimate of drug-likeness (QED) is 0.868. The van der Waals surface area contributed by atoms with Crippen LogP contribution < -0.4 is 10.6 Å². The van der Waals surface area contributed by atoms with Crippen LogP contribution in [-0.4, -0.2) is 44.6 Å². The van der Waals surface area contributed by atoms with Crippen molar-refractivity contribution in [3.8, 4) is 0 Å². The van der Waals surface area contributed by atoms with Crippen LogP contribution in [-0.2, 0) is 0 Å². The third kappa shape index (κ3) is 3.62. The van der Waals surface area contributed by atoms with Gasteiger partial charge in [0.05, 0.1) is 12.6 Å². The summed E-state index contributed by atoms with van der Waals surface area (Å²) in [5, 5.41) is 7.44. The largest absolute Gasteiger partial charge is 0.355 e. The molecule has 4 nitrogen and oxygen atoms in total. The van der Waals surface area contributed by atoms with Crippen LogP contribution >= 0.6 is 11.6 Å². The number of benzene rings is 1. The van der Waals surface area contributed by atoms with E-state index >= 15 is 0 Å². The molecule has 1 unspecified atom stereocenters. The number of rotatable bonds is 4. The molecule has 1 heterocycles. The van der Waals surface area contributed by atoms with Gasteiger partial charge in [-0.1, -0.05) is 23.7 Å². The summed E-state index contributed by atoms with van der Waals surface area (Å²) in [5.74, 6) is 0.886. The topological polar surface area (TPSA) is 39.7 Å². The SMILES string of the molecule is CN(C)CCNC1=NCC(c2ccc(Cl)cc2)N1. The molecule has 18 heavy (non-hydrogen) atoms. The van der Waals surface area contributed by atoms with E-state index in [0.717, 1.165) is 30.6 Å². The summed E-state index contributed by atoms with van der Waals surface area (Å²) in [4.78, 5) is 6.59. The van der Waals surface area contributed by atoms with Gasteiger partial charge in [-0.2, -0.15) is 0 Å². The highest BCUT2D eigenvalue weighted by atomic mass is 35.5. The molecular weight excluding hydrogens is 248 g/mol. The van der Waals surface area contributed by atoms with Crippen LogP contribution in [0.4, 0.5) is 0 Å². The van der Waals surface area contributed by atoms with E-state index in [0.29, 0.717) is 0 Å². The van der Waals surface area contributed by atoms with Gasteiger partial charge in [-0.15, -0.1) is 0 Å². The van der Waals surface area contributed by atoms with Crippen LogP contribution in [0.25, 0.3) is 0 Å². The van der Waals surface area contributed by atoms with Gasteiger partial charge < -0.3 is 15.5 Å². The first-order valence-electron chi connectivity index (χ1n) is 6.10. The van der Waals surface area contributed by atoms with Crippen molar-refractivity contribution in [3.05, 3.63) is 34.9 Å². The first-order valence-corrected chi connectivity index (χ1v) is 6.48. The third-order valence-corrected chi connectivity index (χ3v) is 3.12. The van der Waals surface area contributed by atoms with Gasteiger partial charge in [0, 0.05) is 18.1 Å². The lowest BCUT2D eigenvalue weighted by atomic mass is 10.1. The van der Waals surface area contributed by atoms with Gasteiger partial charge in [0.2, 0.25) is 0 Å². The van der Waals surface area contributed by atoms with Crippen LogP contribution in [0.3, 0.4) is 0 Å². The summed E-state index contributed by atoms with van der Waals surface area (Å²) in [6.45, 7) is 2.66. The molecule has 1 aromatic rings. The molecule has 1 atom stereocenters. The van der Waals surface area contributed by atoms with E-state index in [9.17, 15) is 0 Å². The standard InChI is InChI=1S/C13H19ClN4/c1-18(2)8-7-15-13-16-9-12(17-13)10-3-5-11(14)6-4-10/h3-6,12H,7-9H2,1-2H3,(H2,15,16,17). The summed E-state index contributed by atoms with van der Waals surface area (Å²) in [6.07, 6.45) is 0. The monoisotopic (exact) mass is 266 g/mol. The Morgan fingerprint density at radius 3 is 2.78 bits per heavy atom. The lowest BCUT2D eigenvalue weighted by Gasteiger charge is -2.14. The fraction of sp³-hybridized carbons (Fsp3) is 0.462. The maximum Gasteiger partial charge on any atom is 0.191 e. The molecule has 0 aromatic heterocycles. The predicted octanol–water partition coefficient (Wildman–Crippen LogP) is 1.49. The van der Waals surface area contributed by atoms with E-state index in [-0.39, 0.29) is 6.04 Å². The molecule has 0 aliphatic carbocycles. The Kier molecular flexibility index (Phi) is 4.44. The Morgan fingerprint density at radius 2 is 2.11 bits per heavy atom. The average Bonchev–Trinajstić information content (AvgIpc) is 2.78. The summed E-state index contributed by atoms with van der Waals surface area (Å²) < 4.78 is 0. The number of likely N-dealkylation sites (N-methyl/N-ethyl adjacent to an activating group) is 1. The van der Waals surface area contributed by atoms with E-state index in [1.165, 1.54) is 5.56 Å². The van der Waals surface area contributed by atoms with Crippen LogP contribution in [0, 0.1) is 0 Å². The zero-order valence-corrected chi connectivity index (χ0v) is 11.5. The smallest absolute Gasteiger partial charge is 0.191 e. The highest BCUT2D eigenvalue weighted by Gasteiger charge is 2.18. The molecule has 5 heteroatoms. The maximum absolute atomic E-state index is 5.88. The maximum atomic E-state index is 5.88. The van der Waals surface area contributed by atoms with Crippen LogP contribution in [0.15, 0.2) is 29.3 Å². The van der Waals surface area contributed by atoms with Crippen molar-refractivity contribution >= 4 is 17.6 Å². The highest BCUT2D eigenvalue weighted by Crippen LogP contribution is 2.19. The minimum absolute atomic E-state index is 0.254. The van der Waals surface area contributed by atoms with Gasteiger partial charge >= 0.3 is 0 Å². The molecular formula is C13H19ClN4. The molecule has 0 saturated heterocycles. The van der Waals surface area contributed by atoms with Gasteiger partial charge in [-0.3, -0.25) is 4.99 Å². The van der Waals surface area contributed by atoms with E-state index in [2.05, 4.69) is 34.6 Å². The zero-order chi connectivity index (χ0) is 13.0. The van der Waals surface area contributed by atoms with E-state index in [1.807, 2.05) is 24.3 Å². The highest BCUT2D eigenvalue weighted by molar-refractivity contribution is 6.30. The van der Waals surface area contributed by atoms with Crippen molar-refractivity contribution in [3.63, 3.8) is 0 Å². The molecule has 0 bridgehead atoms. The number of halogens is 1. The van der Waals surface area contributed by atoms with Crippen molar-refractivity contribution in [1.82, 2.24) is 15.5 Å². The van der Waals surface area contributed by atoms with Crippen molar-refractivity contribution in [1.29, 1.82) is 0 Å². The van der Waals surface area contributed by atoms with Crippen LogP contribution in [0.1, 0.15) is 11.6 Å². The second-order valence-electron chi connectivity index (χ2n) is 4.67. The Bertz CT molecular complexity index is 414. The second kappa shape index (κ2) is 6.07. The predicted molar refractivity (Wildman–Crippen MR) is 76.2 cm³/mol. The average molecular weight is 267 g/mol. The zero-order valence-electron chi connectivity index (χ0n) is 10.8. The van der Waals surface area contributed by atoms with Crippen molar-refractivity contribution in [2.45, 2.75) is 6.04 Å². The molecule has 2 rings (SSSR count). The Hall–Kier alpha value is -1.26. The summed E-state index contributed by atoms with van der Waals surface area (Å²) >= 11 is 5.88. The second-order valence-corrected chi connectivity index (χ2v) is 5.10. The van der Waals surface area contributed by atoms with Gasteiger partial charge in [-0.05, 0) is 31.8 Å². The molecule has 98 valence electrons. The van der Waals surface area contributed by atoms with E-state index < -0.39 is 0 Å². The van der Waals surface area contributed by atoms with Crippen molar-refractivity contribution in [2.24, 2.45) is 4.99 Å². The molecule has 0 saturated carbocycles. The van der Waals surface area contributed by atoms with Gasteiger partial charge in [-0.25, -0.2) is 0 Å². The third-order valence-electron chi connectivity index (χ3n) is 2.87. The minimum Gasteiger partial charge on any atom is -0.355 e. The van der Waals surface area contributed by atoms with Gasteiger partial charge in [0.25, 0.3) is 0 Å². The number of hydrogen-bond acceptors (Lipinski definition) is 4. The Morgan fingerprint density at radius 1 is 1.39 bits per heavy atom. The summed E-state index contributed by atoms with van der Waals surface area (Å²) in [5.41, 5.74) is 1.22. The number of guanidine groups is 1. The normalized spacial score (nSPS) is 18.7. The fourth-order valence-electron chi connectivity index (χ4n) is 1.83. The van der Waals surface area contributed by atoms with Crippen molar-refractivity contribution < 1.29 is 0 Å². The molecule has 1 aliphatic heterocycles. The van der Waals surface area contributed by atoms with Crippen molar-refractivity contribution in [2.75, 3.05) is 33.7 Å². The van der Waals surface area contributed by atoms with Gasteiger partial charge in [0.1, 0.15) is 0 Å².